The van der Waals surface area contributed by atoms with E-state index in [0.29, 0.717) is 5.56 Å². The van der Waals surface area contributed by atoms with Crippen molar-refractivity contribution in [3.8, 4) is 11.1 Å². The third-order valence-corrected chi connectivity index (χ3v) is 3.66. The molecule has 2 heterocycles. The highest BCUT2D eigenvalue weighted by Crippen LogP contribution is 2.38. The SMILES string of the molecule is Cc1c(-c2c(N)n[nH]c2C(=O)O)c2ccccc2n1C. The molecule has 1 aromatic carbocycles. The van der Waals surface area contributed by atoms with Gasteiger partial charge in [-0.25, -0.2) is 4.79 Å². The second-order valence-electron chi connectivity index (χ2n) is 4.70. The Morgan fingerprint density at radius 3 is 2.75 bits per heavy atom. The number of carboxylic acids is 1. The van der Waals surface area contributed by atoms with Crippen LogP contribution in [0.15, 0.2) is 24.3 Å². The van der Waals surface area contributed by atoms with Gasteiger partial charge in [0, 0.05) is 29.2 Å². The molecule has 102 valence electrons. The number of nitrogens with one attached hydrogen (secondary N) is 1. The average molecular weight is 270 g/mol. The predicted octanol–water partition coefficient (Wildman–Crippen LogP) is 2.16. The third-order valence-electron chi connectivity index (χ3n) is 3.66. The average Bonchev–Trinajstić information content (AvgIpc) is 2.91. The first kappa shape index (κ1) is 12.3. The highest BCUT2D eigenvalue weighted by molar-refractivity contribution is 6.06. The molecule has 0 radical (unpaired) electrons. The lowest BCUT2D eigenvalue weighted by Crippen LogP contribution is -2.00. The Kier molecular flexibility index (Phi) is 2.53. The van der Waals surface area contributed by atoms with Gasteiger partial charge in [-0.1, -0.05) is 18.2 Å². The van der Waals surface area contributed by atoms with Crippen molar-refractivity contribution in [2.45, 2.75) is 6.92 Å². The molecule has 0 bridgehead atoms. The lowest BCUT2D eigenvalue weighted by Gasteiger charge is -2.03. The zero-order valence-corrected chi connectivity index (χ0v) is 11.1. The minimum absolute atomic E-state index is 0.0157. The number of hydrogen-bond acceptors (Lipinski definition) is 3. The van der Waals surface area contributed by atoms with Gasteiger partial charge in [0.05, 0.1) is 5.56 Å². The third kappa shape index (κ3) is 1.51. The smallest absolute Gasteiger partial charge is 0.354 e. The van der Waals surface area contributed by atoms with Crippen LogP contribution in [0.1, 0.15) is 16.2 Å². The molecule has 0 amide bonds. The molecule has 20 heavy (non-hydrogen) atoms. The zero-order chi connectivity index (χ0) is 14.4. The zero-order valence-electron chi connectivity index (χ0n) is 11.1. The van der Waals surface area contributed by atoms with Gasteiger partial charge in [-0.3, -0.25) is 5.10 Å². The highest BCUT2D eigenvalue weighted by Gasteiger charge is 2.24. The largest absolute Gasteiger partial charge is 0.477 e. The summed E-state index contributed by atoms with van der Waals surface area (Å²) in [7, 11) is 1.94. The summed E-state index contributed by atoms with van der Waals surface area (Å²) in [5.74, 6) is -0.876. The fourth-order valence-electron chi connectivity index (χ4n) is 2.60. The molecule has 3 aromatic rings. The van der Waals surface area contributed by atoms with Crippen LogP contribution >= 0.6 is 0 Å². The van der Waals surface area contributed by atoms with Crippen molar-refractivity contribution in [3.05, 3.63) is 35.7 Å². The summed E-state index contributed by atoms with van der Waals surface area (Å²) in [6.07, 6.45) is 0. The van der Waals surface area contributed by atoms with E-state index in [4.69, 9.17) is 5.73 Å². The number of benzene rings is 1. The Balaban J connectivity index is 2.45. The summed E-state index contributed by atoms with van der Waals surface area (Å²) < 4.78 is 2.02. The van der Waals surface area contributed by atoms with Gasteiger partial charge in [0.25, 0.3) is 0 Å². The number of nitrogens with two attached hydrogens (primary N) is 1. The van der Waals surface area contributed by atoms with E-state index in [9.17, 15) is 9.90 Å². The number of carbonyl (C=O) groups is 1. The van der Waals surface area contributed by atoms with Crippen LogP contribution in [-0.2, 0) is 7.05 Å². The summed E-state index contributed by atoms with van der Waals surface area (Å²) in [5, 5.41) is 16.6. The van der Waals surface area contributed by atoms with E-state index < -0.39 is 5.97 Å². The molecule has 0 saturated carbocycles. The van der Waals surface area contributed by atoms with Crippen molar-refractivity contribution < 1.29 is 9.90 Å². The van der Waals surface area contributed by atoms with Gasteiger partial charge in [-0.05, 0) is 13.0 Å². The van der Waals surface area contributed by atoms with Crippen LogP contribution in [0.25, 0.3) is 22.0 Å². The summed E-state index contributed by atoms with van der Waals surface area (Å²) in [5.41, 5.74) is 9.11. The van der Waals surface area contributed by atoms with Gasteiger partial charge < -0.3 is 15.4 Å². The molecule has 0 spiro atoms. The molecule has 0 saturated heterocycles. The number of anilines is 1. The minimum Gasteiger partial charge on any atom is -0.477 e. The normalized spacial score (nSPS) is 11.1. The monoisotopic (exact) mass is 270 g/mol. The standard InChI is InChI=1S/C14H14N4O2/c1-7-10(8-5-3-4-6-9(8)18(7)2)11-12(14(19)20)16-17-13(11)15/h3-6H,1-2H3,(H,19,20)(H3,15,16,17). The number of rotatable bonds is 2. The number of aromatic nitrogens is 3. The van der Waals surface area contributed by atoms with Crippen molar-refractivity contribution in [3.63, 3.8) is 0 Å². The molecule has 0 unspecified atom stereocenters. The van der Waals surface area contributed by atoms with Crippen molar-refractivity contribution in [2.24, 2.45) is 7.05 Å². The molecule has 0 aliphatic rings. The molecule has 0 aliphatic heterocycles. The number of aryl methyl sites for hydroxylation is 1. The van der Waals surface area contributed by atoms with Crippen LogP contribution in [0.2, 0.25) is 0 Å². The topological polar surface area (TPSA) is 96.9 Å². The number of nitrogen functional groups attached to an aromatic ring is 1. The predicted molar refractivity (Wildman–Crippen MR) is 76.6 cm³/mol. The molecule has 3 rings (SSSR count). The highest BCUT2D eigenvalue weighted by atomic mass is 16.4. The number of aromatic carboxylic acids is 1. The van der Waals surface area contributed by atoms with Crippen molar-refractivity contribution in [1.29, 1.82) is 0 Å². The van der Waals surface area contributed by atoms with Gasteiger partial charge in [0.15, 0.2) is 11.5 Å². The fourth-order valence-corrected chi connectivity index (χ4v) is 2.60. The van der Waals surface area contributed by atoms with E-state index >= 15 is 0 Å². The molecule has 0 aliphatic carbocycles. The fraction of sp³-hybridized carbons (Fsp3) is 0.143. The van der Waals surface area contributed by atoms with Gasteiger partial charge in [0.1, 0.15) is 0 Å². The molecular weight excluding hydrogens is 256 g/mol. The van der Waals surface area contributed by atoms with E-state index in [1.807, 2.05) is 42.8 Å². The second kappa shape index (κ2) is 4.12. The molecular formula is C14H14N4O2. The molecule has 6 nitrogen and oxygen atoms in total. The first-order chi connectivity index (χ1) is 9.52. The van der Waals surface area contributed by atoms with Crippen molar-refractivity contribution in [2.75, 3.05) is 5.73 Å². The Labute approximate surface area is 114 Å². The lowest BCUT2D eigenvalue weighted by atomic mass is 10.0. The summed E-state index contributed by atoms with van der Waals surface area (Å²) in [6.45, 7) is 1.94. The van der Waals surface area contributed by atoms with E-state index in [1.54, 1.807) is 0 Å². The van der Waals surface area contributed by atoms with E-state index in [1.165, 1.54) is 0 Å². The Morgan fingerprint density at radius 1 is 1.35 bits per heavy atom. The minimum atomic E-state index is -1.07. The van der Waals surface area contributed by atoms with Crippen LogP contribution < -0.4 is 5.73 Å². The lowest BCUT2D eigenvalue weighted by molar-refractivity contribution is 0.0691. The molecule has 0 atom stereocenters. The Bertz CT molecular complexity index is 829. The number of fused-ring (bicyclic) bond motifs is 1. The van der Waals surface area contributed by atoms with Crippen LogP contribution in [0.3, 0.4) is 0 Å². The van der Waals surface area contributed by atoms with Gasteiger partial charge >= 0.3 is 5.97 Å². The van der Waals surface area contributed by atoms with Crippen LogP contribution in [0.4, 0.5) is 5.82 Å². The number of carboxylic acid groups (broad SMARTS) is 1. The summed E-state index contributed by atoms with van der Waals surface area (Å²) >= 11 is 0. The maximum Gasteiger partial charge on any atom is 0.354 e. The number of nitrogens with zero attached hydrogens (tertiary/aromatic N) is 2. The van der Waals surface area contributed by atoms with Gasteiger partial charge in [0.2, 0.25) is 0 Å². The number of aromatic amines is 1. The maximum absolute atomic E-state index is 11.3. The van der Waals surface area contributed by atoms with E-state index in [-0.39, 0.29) is 11.5 Å². The molecule has 6 heteroatoms. The number of H-pyrrole nitrogens is 1. The molecule has 2 aromatic heterocycles. The summed E-state index contributed by atoms with van der Waals surface area (Å²) in [4.78, 5) is 11.3. The van der Waals surface area contributed by atoms with Crippen molar-refractivity contribution in [1.82, 2.24) is 14.8 Å². The second-order valence-corrected chi connectivity index (χ2v) is 4.70. The van der Waals surface area contributed by atoms with Crippen LogP contribution in [-0.4, -0.2) is 25.8 Å². The van der Waals surface area contributed by atoms with Crippen LogP contribution in [0.5, 0.6) is 0 Å². The van der Waals surface area contributed by atoms with E-state index in [0.717, 1.165) is 22.2 Å². The maximum atomic E-state index is 11.3. The summed E-state index contributed by atoms with van der Waals surface area (Å²) in [6, 6.07) is 7.81. The molecule has 4 N–H and O–H groups in total. The van der Waals surface area contributed by atoms with E-state index in [2.05, 4.69) is 10.2 Å². The first-order valence-corrected chi connectivity index (χ1v) is 6.14. The quantitative estimate of drug-likeness (QED) is 0.664. The van der Waals surface area contributed by atoms with Crippen molar-refractivity contribution >= 4 is 22.7 Å². The Hall–Kier alpha value is -2.76. The number of hydrogen-bond donors (Lipinski definition) is 3. The first-order valence-electron chi connectivity index (χ1n) is 6.14. The molecule has 0 fully saturated rings. The van der Waals surface area contributed by atoms with Gasteiger partial charge in [-0.2, -0.15) is 5.10 Å². The van der Waals surface area contributed by atoms with Crippen LogP contribution in [0, 0.1) is 6.92 Å². The number of para-hydroxylation sites is 1. The van der Waals surface area contributed by atoms with Gasteiger partial charge in [-0.15, -0.1) is 0 Å². The Morgan fingerprint density at radius 2 is 2.05 bits per heavy atom.